The summed E-state index contributed by atoms with van der Waals surface area (Å²) >= 11 is 0. The number of aliphatic carboxylic acids is 1. The molecular formula is C12H21NO4. The molecule has 3 N–H and O–H groups in total. The molecule has 1 rings (SSSR count). The van der Waals surface area contributed by atoms with Crippen LogP contribution in [0.4, 0.5) is 0 Å². The van der Waals surface area contributed by atoms with Gasteiger partial charge in [-0.3, -0.25) is 4.79 Å². The van der Waals surface area contributed by atoms with Gasteiger partial charge in [0.05, 0.1) is 6.04 Å². The number of nitrogens with one attached hydrogen (secondary N) is 1. The summed E-state index contributed by atoms with van der Waals surface area (Å²) in [6, 6.07) is -0.673. The van der Waals surface area contributed by atoms with Gasteiger partial charge in [-0.2, -0.15) is 0 Å². The normalized spacial score (nSPS) is 20.6. The van der Waals surface area contributed by atoms with Crippen LogP contribution in [0, 0.1) is 5.92 Å². The number of amides is 1. The molecule has 0 bridgehead atoms. The Morgan fingerprint density at radius 2 is 1.88 bits per heavy atom. The molecule has 0 spiro atoms. The van der Waals surface area contributed by atoms with E-state index in [-0.39, 0.29) is 5.91 Å². The molecule has 1 amide bonds. The Balaban J connectivity index is 2.55. The van der Waals surface area contributed by atoms with Crippen LogP contribution >= 0.6 is 0 Å². The van der Waals surface area contributed by atoms with Gasteiger partial charge >= 0.3 is 5.97 Å². The van der Waals surface area contributed by atoms with Gasteiger partial charge in [-0.25, -0.2) is 4.79 Å². The molecule has 1 unspecified atom stereocenters. The zero-order valence-electron chi connectivity index (χ0n) is 10.2. The molecule has 1 saturated carbocycles. The number of hydrogen-bond acceptors (Lipinski definition) is 3. The second-order valence-corrected chi connectivity index (χ2v) is 4.83. The van der Waals surface area contributed by atoms with Crippen molar-refractivity contribution in [2.45, 2.75) is 57.6 Å². The fourth-order valence-electron chi connectivity index (χ4n) is 2.48. The molecule has 17 heavy (non-hydrogen) atoms. The maximum Gasteiger partial charge on any atom is 0.334 e. The van der Waals surface area contributed by atoms with Crippen molar-refractivity contribution >= 4 is 11.9 Å². The summed E-state index contributed by atoms with van der Waals surface area (Å²) < 4.78 is 0. The lowest BCUT2D eigenvalue weighted by Gasteiger charge is -2.28. The summed E-state index contributed by atoms with van der Waals surface area (Å²) in [4.78, 5) is 21.8. The molecule has 0 aliphatic heterocycles. The second-order valence-electron chi connectivity index (χ2n) is 4.83. The zero-order chi connectivity index (χ0) is 12.8. The summed E-state index contributed by atoms with van der Waals surface area (Å²) in [6.45, 7) is 1.34. The van der Waals surface area contributed by atoms with E-state index in [0.29, 0.717) is 12.3 Å². The summed E-state index contributed by atoms with van der Waals surface area (Å²) in [6.07, 6.45) is 4.68. The van der Waals surface area contributed by atoms with E-state index in [1.165, 1.54) is 13.3 Å². The molecule has 5 nitrogen and oxygen atoms in total. The summed E-state index contributed by atoms with van der Waals surface area (Å²) in [7, 11) is 0. The van der Waals surface area contributed by atoms with Gasteiger partial charge in [0.25, 0.3) is 0 Å². The minimum absolute atomic E-state index is 0.300. The van der Waals surface area contributed by atoms with Gasteiger partial charge in [0.2, 0.25) is 5.91 Å². The minimum Gasteiger partial charge on any atom is -0.479 e. The molecule has 2 atom stereocenters. The van der Waals surface area contributed by atoms with E-state index >= 15 is 0 Å². The smallest absolute Gasteiger partial charge is 0.334 e. The number of carbonyl (C=O) groups excluding carboxylic acids is 1. The van der Waals surface area contributed by atoms with Crippen LogP contribution in [-0.2, 0) is 9.59 Å². The number of rotatable bonds is 5. The molecule has 1 fully saturated rings. The SMILES string of the molecule is CC(=O)N[C@@H](CC1CCCCC1)C(O)C(=O)O. The highest BCUT2D eigenvalue weighted by Gasteiger charge is 2.29. The van der Waals surface area contributed by atoms with Gasteiger partial charge in [0.1, 0.15) is 0 Å². The lowest BCUT2D eigenvalue weighted by atomic mass is 9.83. The number of carboxylic acids is 1. The van der Waals surface area contributed by atoms with Crippen LogP contribution in [0.15, 0.2) is 0 Å². The molecule has 0 radical (unpaired) electrons. The fourth-order valence-corrected chi connectivity index (χ4v) is 2.48. The van der Waals surface area contributed by atoms with E-state index in [2.05, 4.69) is 5.32 Å². The third-order valence-electron chi connectivity index (χ3n) is 3.33. The number of carbonyl (C=O) groups is 2. The molecule has 0 saturated heterocycles. The standard InChI is InChI=1S/C12H21NO4/c1-8(14)13-10(11(15)12(16)17)7-9-5-3-2-4-6-9/h9-11,15H,2-7H2,1H3,(H,13,14)(H,16,17)/t10-,11?/m0/s1. The fraction of sp³-hybridized carbons (Fsp3) is 0.833. The van der Waals surface area contributed by atoms with Crippen LogP contribution in [0.3, 0.4) is 0 Å². The predicted octanol–water partition coefficient (Wildman–Crippen LogP) is 0.907. The Bertz CT molecular complexity index is 274. The monoisotopic (exact) mass is 243 g/mol. The van der Waals surface area contributed by atoms with Crippen LogP contribution in [0.25, 0.3) is 0 Å². The number of hydrogen-bond donors (Lipinski definition) is 3. The van der Waals surface area contributed by atoms with E-state index in [0.717, 1.165) is 25.7 Å². The number of aliphatic hydroxyl groups excluding tert-OH is 1. The van der Waals surface area contributed by atoms with Crippen molar-refractivity contribution in [2.75, 3.05) is 0 Å². The van der Waals surface area contributed by atoms with Gasteiger partial charge in [-0.05, 0) is 12.3 Å². The molecule has 0 aromatic rings. The van der Waals surface area contributed by atoms with Crippen LogP contribution in [0.5, 0.6) is 0 Å². The average molecular weight is 243 g/mol. The molecule has 98 valence electrons. The summed E-state index contributed by atoms with van der Waals surface area (Å²) in [5.74, 6) is -1.17. The van der Waals surface area contributed by atoms with Gasteiger partial charge < -0.3 is 15.5 Å². The van der Waals surface area contributed by atoms with Gasteiger partial charge in [-0.1, -0.05) is 32.1 Å². The third kappa shape index (κ3) is 4.73. The molecule has 0 aromatic heterocycles. The van der Waals surface area contributed by atoms with Crippen molar-refractivity contribution in [3.8, 4) is 0 Å². The molecule has 0 aromatic carbocycles. The Labute approximate surface area is 101 Å². The Hall–Kier alpha value is -1.10. The minimum atomic E-state index is -1.51. The predicted molar refractivity (Wildman–Crippen MR) is 62.4 cm³/mol. The van der Waals surface area contributed by atoms with Gasteiger partial charge in [0.15, 0.2) is 6.10 Å². The summed E-state index contributed by atoms with van der Waals surface area (Å²) in [5, 5.41) is 20.9. The van der Waals surface area contributed by atoms with E-state index in [4.69, 9.17) is 5.11 Å². The van der Waals surface area contributed by atoms with Crippen LogP contribution in [-0.4, -0.2) is 34.2 Å². The summed E-state index contributed by atoms with van der Waals surface area (Å²) in [5.41, 5.74) is 0. The Morgan fingerprint density at radius 1 is 1.29 bits per heavy atom. The maximum atomic E-state index is 11.0. The maximum absolute atomic E-state index is 11.0. The van der Waals surface area contributed by atoms with Crippen LogP contribution < -0.4 is 5.32 Å². The highest BCUT2D eigenvalue weighted by molar-refractivity contribution is 5.77. The highest BCUT2D eigenvalue weighted by atomic mass is 16.4. The van der Waals surface area contributed by atoms with Gasteiger partial charge in [0, 0.05) is 6.92 Å². The quantitative estimate of drug-likeness (QED) is 0.669. The largest absolute Gasteiger partial charge is 0.479 e. The Morgan fingerprint density at radius 3 is 2.35 bits per heavy atom. The average Bonchev–Trinajstić information content (AvgIpc) is 2.28. The third-order valence-corrected chi connectivity index (χ3v) is 3.33. The Kier molecular flexibility index (Phi) is 5.41. The van der Waals surface area contributed by atoms with E-state index in [1.54, 1.807) is 0 Å². The zero-order valence-corrected chi connectivity index (χ0v) is 10.2. The van der Waals surface area contributed by atoms with Crippen LogP contribution in [0.2, 0.25) is 0 Å². The first kappa shape index (κ1) is 14.0. The topological polar surface area (TPSA) is 86.6 Å². The first-order valence-electron chi connectivity index (χ1n) is 6.18. The molecule has 0 heterocycles. The number of aliphatic hydroxyl groups is 1. The first-order valence-corrected chi connectivity index (χ1v) is 6.18. The highest BCUT2D eigenvalue weighted by Crippen LogP contribution is 2.28. The molecule has 5 heteroatoms. The first-order chi connectivity index (χ1) is 8.00. The van der Waals surface area contributed by atoms with Crippen molar-refractivity contribution in [3.63, 3.8) is 0 Å². The molecular weight excluding hydrogens is 222 g/mol. The lowest BCUT2D eigenvalue weighted by Crippen LogP contribution is -2.47. The van der Waals surface area contributed by atoms with E-state index in [9.17, 15) is 14.7 Å². The van der Waals surface area contributed by atoms with Crippen molar-refractivity contribution in [3.05, 3.63) is 0 Å². The molecule has 1 aliphatic rings. The van der Waals surface area contributed by atoms with E-state index in [1.807, 2.05) is 0 Å². The van der Waals surface area contributed by atoms with Crippen molar-refractivity contribution in [1.82, 2.24) is 5.32 Å². The number of carboxylic acid groups (broad SMARTS) is 1. The van der Waals surface area contributed by atoms with Crippen molar-refractivity contribution < 1.29 is 19.8 Å². The second kappa shape index (κ2) is 6.59. The van der Waals surface area contributed by atoms with E-state index < -0.39 is 18.1 Å². The van der Waals surface area contributed by atoms with Gasteiger partial charge in [-0.15, -0.1) is 0 Å². The van der Waals surface area contributed by atoms with Crippen molar-refractivity contribution in [1.29, 1.82) is 0 Å². The van der Waals surface area contributed by atoms with Crippen LogP contribution in [0.1, 0.15) is 45.4 Å². The molecule has 1 aliphatic carbocycles. The lowest BCUT2D eigenvalue weighted by molar-refractivity contribution is -0.148. The van der Waals surface area contributed by atoms with Crippen molar-refractivity contribution in [2.24, 2.45) is 5.92 Å².